The topological polar surface area (TPSA) is 50.8 Å². The van der Waals surface area contributed by atoms with Crippen molar-refractivity contribution in [3.05, 3.63) is 108 Å². The van der Waals surface area contributed by atoms with Gasteiger partial charge in [0.1, 0.15) is 11.9 Å². The third-order valence-electron chi connectivity index (χ3n) is 4.90. The Hall–Kier alpha value is -3.84. The first kappa shape index (κ1) is 18.5. The summed E-state index contributed by atoms with van der Waals surface area (Å²) in [6.07, 6.45) is 5.29. The van der Waals surface area contributed by atoms with Crippen LogP contribution >= 0.6 is 0 Å². The van der Waals surface area contributed by atoms with E-state index in [0.717, 1.165) is 16.9 Å². The molecular formula is C25H21N3O. The van der Waals surface area contributed by atoms with Crippen molar-refractivity contribution in [3.8, 4) is 22.9 Å². The Morgan fingerprint density at radius 2 is 1.76 bits per heavy atom. The van der Waals surface area contributed by atoms with Gasteiger partial charge in [-0.05, 0) is 35.7 Å². The minimum absolute atomic E-state index is 0.143. The van der Waals surface area contributed by atoms with Gasteiger partial charge in [-0.1, -0.05) is 60.7 Å². The third-order valence-corrected chi connectivity index (χ3v) is 4.90. The molecule has 0 saturated carbocycles. The fourth-order valence-corrected chi connectivity index (χ4v) is 3.28. The lowest BCUT2D eigenvalue weighted by atomic mass is 10.0. The second-order valence-electron chi connectivity index (χ2n) is 6.92. The first-order chi connectivity index (χ1) is 14.2. The number of hydrogen-bond donors (Lipinski definition) is 0. The summed E-state index contributed by atoms with van der Waals surface area (Å²) < 4.78 is 8.26. The summed E-state index contributed by atoms with van der Waals surface area (Å²) in [6.45, 7) is 2.66. The van der Waals surface area contributed by atoms with Crippen molar-refractivity contribution >= 4 is 0 Å². The monoisotopic (exact) mass is 379 g/mol. The lowest BCUT2D eigenvalue weighted by Gasteiger charge is -2.19. The van der Waals surface area contributed by atoms with Crippen molar-refractivity contribution in [2.75, 3.05) is 0 Å². The minimum atomic E-state index is -0.143. The average molecular weight is 379 g/mol. The van der Waals surface area contributed by atoms with Crippen LogP contribution in [0.1, 0.15) is 29.7 Å². The zero-order valence-electron chi connectivity index (χ0n) is 16.2. The normalized spacial score (nSPS) is 11.6. The standard InChI is InChI=1S/C25H21N3O/c1-19(21-9-11-23(12-10-21)22-5-3-2-4-6-22)29-25-15-20(16-26)7-8-24(25)17-28-14-13-27-18-28/h2-15,18-19H,17H2,1H3. The molecular weight excluding hydrogens is 358 g/mol. The Kier molecular flexibility index (Phi) is 5.40. The van der Waals surface area contributed by atoms with E-state index in [4.69, 9.17) is 4.74 Å². The number of imidazole rings is 1. The summed E-state index contributed by atoms with van der Waals surface area (Å²) in [5.74, 6) is 0.720. The van der Waals surface area contributed by atoms with Gasteiger partial charge in [0.15, 0.2) is 0 Å². The molecule has 29 heavy (non-hydrogen) atoms. The average Bonchev–Trinajstić information content (AvgIpc) is 3.29. The van der Waals surface area contributed by atoms with Crippen LogP contribution in [0.2, 0.25) is 0 Å². The van der Waals surface area contributed by atoms with E-state index >= 15 is 0 Å². The second kappa shape index (κ2) is 8.45. The van der Waals surface area contributed by atoms with E-state index in [0.29, 0.717) is 12.1 Å². The van der Waals surface area contributed by atoms with Crippen molar-refractivity contribution in [1.29, 1.82) is 5.26 Å². The molecule has 4 nitrogen and oxygen atoms in total. The highest BCUT2D eigenvalue weighted by atomic mass is 16.5. The van der Waals surface area contributed by atoms with E-state index in [2.05, 4.69) is 47.5 Å². The van der Waals surface area contributed by atoms with Crippen LogP contribution in [0.4, 0.5) is 0 Å². The van der Waals surface area contributed by atoms with Crippen LogP contribution in [0.15, 0.2) is 91.5 Å². The molecule has 4 heteroatoms. The summed E-state index contributed by atoms with van der Waals surface area (Å²) in [4.78, 5) is 4.09. The maximum Gasteiger partial charge on any atom is 0.126 e. The Bertz CT molecular complexity index is 1110. The van der Waals surface area contributed by atoms with E-state index in [1.807, 2.05) is 48.0 Å². The number of hydrogen-bond acceptors (Lipinski definition) is 3. The molecule has 4 rings (SSSR count). The lowest BCUT2D eigenvalue weighted by molar-refractivity contribution is 0.224. The zero-order valence-corrected chi connectivity index (χ0v) is 16.2. The van der Waals surface area contributed by atoms with Crippen molar-refractivity contribution in [2.45, 2.75) is 19.6 Å². The molecule has 0 bridgehead atoms. The highest BCUT2D eigenvalue weighted by molar-refractivity contribution is 5.63. The fourth-order valence-electron chi connectivity index (χ4n) is 3.28. The molecule has 1 unspecified atom stereocenters. The van der Waals surface area contributed by atoms with Gasteiger partial charge in [0.05, 0.1) is 24.5 Å². The number of aromatic nitrogens is 2. The number of nitriles is 1. The summed E-state index contributed by atoms with van der Waals surface area (Å²) in [6, 6.07) is 26.5. The fraction of sp³-hybridized carbons (Fsp3) is 0.120. The molecule has 0 radical (unpaired) electrons. The minimum Gasteiger partial charge on any atom is -0.486 e. The molecule has 142 valence electrons. The van der Waals surface area contributed by atoms with E-state index in [9.17, 15) is 5.26 Å². The predicted molar refractivity (Wildman–Crippen MR) is 113 cm³/mol. The summed E-state index contributed by atoms with van der Waals surface area (Å²) in [5, 5.41) is 9.28. The second-order valence-corrected chi connectivity index (χ2v) is 6.92. The molecule has 1 heterocycles. The van der Waals surface area contributed by atoms with Crippen molar-refractivity contribution < 1.29 is 4.74 Å². The first-order valence-electron chi connectivity index (χ1n) is 9.54. The molecule has 4 aromatic rings. The molecule has 0 N–H and O–H groups in total. The van der Waals surface area contributed by atoms with Crippen LogP contribution in [0.3, 0.4) is 0 Å². The van der Waals surface area contributed by atoms with Crippen LogP contribution in [-0.2, 0) is 6.54 Å². The highest BCUT2D eigenvalue weighted by Crippen LogP contribution is 2.28. The van der Waals surface area contributed by atoms with Gasteiger partial charge >= 0.3 is 0 Å². The molecule has 0 spiro atoms. The van der Waals surface area contributed by atoms with Crippen LogP contribution < -0.4 is 4.74 Å². The van der Waals surface area contributed by atoms with Crippen molar-refractivity contribution in [2.24, 2.45) is 0 Å². The van der Waals surface area contributed by atoms with Gasteiger partial charge < -0.3 is 9.30 Å². The third kappa shape index (κ3) is 4.36. The molecule has 1 aromatic heterocycles. The number of nitrogens with zero attached hydrogens (tertiary/aromatic N) is 3. The first-order valence-corrected chi connectivity index (χ1v) is 9.54. The van der Waals surface area contributed by atoms with E-state index in [1.54, 1.807) is 18.6 Å². The number of rotatable bonds is 6. The Morgan fingerprint density at radius 3 is 2.45 bits per heavy atom. The van der Waals surface area contributed by atoms with Crippen LogP contribution in [0.5, 0.6) is 5.75 Å². The van der Waals surface area contributed by atoms with Gasteiger partial charge in [-0.15, -0.1) is 0 Å². The lowest BCUT2D eigenvalue weighted by Crippen LogP contribution is -2.07. The molecule has 0 saturated heterocycles. The van der Waals surface area contributed by atoms with Crippen LogP contribution in [-0.4, -0.2) is 9.55 Å². The maximum absolute atomic E-state index is 9.28. The van der Waals surface area contributed by atoms with Gasteiger partial charge in [0.25, 0.3) is 0 Å². The molecule has 1 atom stereocenters. The van der Waals surface area contributed by atoms with Gasteiger partial charge in [0, 0.05) is 18.0 Å². The maximum atomic E-state index is 9.28. The van der Waals surface area contributed by atoms with E-state index in [1.165, 1.54) is 11.1 Å². The quantitative estimate of drug-likeness (QED) is 0.437. The van der Waals surface area contributed by atoms with Crippen LogP contribution in [0.25, 0.3) is 11.1 Å². The number of benzene rings is 3. The van der Waals surface area contributed by atoms with Crippen molar-refractivity contribution in [3.63, 3.8) is 0 Å². The Balaban J connectivity index is 1.56. The van der Waals surface area contributed by atoms with Gasteiger partial charge in [-0.2, -0.15) is 5.26 Å². The molecule has 0 aliphatic carbocycles. The summed E-state index contributed by atoms with van der Waals surface area (Å²) in [7, 11) is 0. The predicted octanol–water partition coefficient (Wildman–Crippen LogP) is 5.61. The van der Waals surface area contributed by atoms with E-state index in [-0.39, 0.29) is 6.10 Å². The van der Waals surface area contributed by atoms with Gasteiger partial charge in [-0.25, -0.2) is 4.98 Å². The largest absolute Gasteiger partial charge is 0.486 e. The Morgan fingerprint density at radius 1 is 1.00 bits per heavy atom. The molecule has 3 aromatic carbocycles. The molecule has 0 amide bonds. The van der Waals surface area contributed by atoms with Gasteiger partial charge in [-0.3, -0.25) is 0 Å². The van der Waals surface area contributed by atoms with E-state index < -0.39 is 0 Å². The smallest absolute Gasteiger partial charge is 0.126 e. The molecule has 0 aliphatic heterocycles. The van der Waals surface area contributed by atoms with Crippen molar-refractivity contribution in [1.82, 2.24) is 9.55 Å². The zero-order chi connectivity index (χ0) is 20.1. The SMILES string of the molecule is CC(Oc1cc(C#N)ccc1Cn1ccnc1)c1ccc(-c2ccccc2)cc1. The summed E-state index contributed by atoms with van der Waals surface area (Å²) >= 11 is 0. The highest BCUT2D eigenvalue weighted by Gasteiger charge is 2.12. The van der Waals surface area contributed by atoms with Crippen LogP contribution in [0, 0.1) is 11.3 Å². The molecule has 0 fully saturated rings. The Labute approximate surface area is 170 Å². The number of ether oxygens (including phenoxy) is 1. The van der Waals surface area contributed by atoms with Gasteiger partial charge in [0.2, 0.25) is 0 Å². The molecule has 0 aliphatic rings. The summed E-state index contributed by atoms with van der Waals surface area (Å²) in [5.41, 5.74) is 5.04.